The summed E-state index contributed by atoms with van der Waals surface area (Å²) in [6.07, 6.45) is 7.28. The van der Waals surface area contributed by atoms with Crippen LogP contribution < -0.4 is 5.73 Å². The van der Waals surface area contributed by atoms with Crippen LogP contribution in [0, 0.1) is 5.41 Å². The van der Waals surface area contributed by atoms with Crippen molar-refractivity contribution in [3.8, 4) is 0 Å². The maximum Gasteiger partial charge on any atom is 0.145 e. The number of hydrogen-bond donors (Lipinski definition) is 1. The number of rotatable bonds is 4. The fourth-order valence-electron chi connectivity index (χ4n) is 2.79. The minimum Gasteiger partial charge on any atom is -0.329 e. The predicted octanol–water partition coefficient (Wildman–Crippen LogP) is 3.92. The molecule has 0 bridgehead atoms. The number of thiophene rings is 1. The Labute approximate surface area is 121 Å². The van der Waals surface area contributed by atoms with Gasteiger partial charge in [-0.3, -0.25) is 4.79 Å². The van der Waals surface area contributed by atoms with Gasteiger partial charge < -0.3 is 5.73 Å². The second-order valence-corrected chi connectivity index (χ2v) is 7.05. The van der Waals surface area contributed by atoms with E-state index in [1.807, 2.05) is 11.4 Å². The van der Waals surface area contributed by atoms with Crippen molar-refractivity contribution >= 4 is 33.0 Å². The molecule has 2 nitrogen and oxygen atoms in total. The first-order valence-corrected chi connectivity index (χ1v) is 8.30. The summed E-state index contributed by atoms with van der Waals surface area (Å²) >= 11 is 5.15. The number of hydrogen-bond acceptors (Lipinski definition) is 3. The molecule has 0 spiro atoms. The molecule has 0 saturated heterocycles. The van der Waals surface area contributed by atoms with Crippen LogP contribution in [0.3, 0.4) is 0 Å². The molecule has 0 aromatic carbocycles. The lowest BCUT2D eigenvalue weighted by atomic mass is 9.75. The molecule has 0 atom stereocenters. The number of halogens is 1. The van der Waals surface area contributed by atoms with Crippen molar-refractivity contribution in [2.75, 3.05) is 6.54 Å². The molecule has 2 rings (SSSR count). The van der Waals surface area contributed by atoms with Gasteiger partial charge in [-0.1, -0.05) is 25.7 Å². The van der Waals surface area contributed by atoms with E-state index >= 15 is 0 Å². The summed E-state index contributed by atoms with van der Waals surface area (Å²) in [5.41, 5.74) is 5.70. The van der Waals surface area contributed by atoms with Crippen molar-refractivity contribution in [1.29, 1.82) is 0 Å². The van der Waals surface area contributed by atoms with E-state index in [0.717, 1.165) is 35.0 Å². The zero-order chi connectivity index (χ0) is 13.0. The van der Waals surface area contributed by atoms with Crippen LogP contribution in [0.4, 0.5) is 0 Å². The van der Waals surface area contributed by atoms with Crippen molar-refractivity contribution < 1.29 is 4.79 Å². The average Bonchev–Trinajstić information content (AvgIpc) is 2.66. The monoisotopic (exact) mass is 329 g/mol. The Kier molecular flexibility index (Phi) is 4.98. The second kappa shape index (κ2) is 6.31. The maximum atomic E-state index is 12.6. The Bertz CT molecular complexity index is 408. The van der Waals surface area contributed by atoms with Crippen LogP contribution in [0.5, 0.6) is 0 Å². The number of carbonyl (C=O) groups is 1. The van der Waals surface area contributed by atoms with E-state index in [1.54, 1.807) is 11.3 Å². The molecule has 0 amide bonds. The normalized spacial score (nSPS) is 19.4. The molecule has 18 heavy (non-hydrogen) atoms. The highest BCUT2D eigenvalue weighted by Crippen LogP contribution is 2.37. The summed E-state index contributed by atoms with van der Waals surface area (Å²) in [6.45, 7) is 0.509. The van der Waals surface area contributed by atoms with Gasteiger partial charge in [0.25, 0.3) is 0 Å². The molecule has 100 valence electrons. The fourth-order valence-corrected chi connectivity index (χ4v) is 4.28. The summed E-state index contributed by atoms with van der Waals surface area (Å²) in [7, 11) is 0. The lowest BCUT2D eigenvalue weighted by Crippen LogP contribution is -2.39. The maximum absolute atomic E-state index is 12.6. The van der Waals surface area contributed by atoms with Crippen molar-refractivity contribution in [2.24, 2.45) is 11.1 Å². The number of nitrogens with two attached hydrogens (primary N) is 1. The summed E-state index contributed by atoms with van der Waals surface area (Å²) < 4.78 is 1.06. The predicted molar refractivity (Wildman–Crippen MR) is 79.9 cm³/mol. The minimum absolute atomic E-state index is 0.250. The first kappa shape index (κ1) is 14.2. The third-order valence-electron chi connectivity index (χ3n) is 4.06. The Balaban J connectivity index is 2.11. The van der Waals surface area contributed by atoms with E-state index in [9.17, 15) is 4.79 Å². The van der Waals surface area contributed by atoms with Gasteiger partial charge in [0.15, 0.2) is 0 Å². The summed E-state index contributed by atoms with van der Waals surface area (Å²) in [6, 6.07) is 2.01. The molecule has 4 heteroatoms. The highest BCUT2D eigenvalue weighted by molar-refractivity contribution is 9.10. The van der Waals surface area contributed by atoms with E-state index in [2.05, 4.69) is 15.9 Å². The Morgan fingerprint density at radius 1 is 1.33 bits per heavy atom. The summed E-state index contributed by atoms with van der Waals surface area (Å²) in [5, 5.41) is 2.02. The smallest absolute Gasteiger partial charge is 0.145 e. The topological polar surface area (TPSA) is 43.1 Å². The molecule has 1 aromatic heterocycles. The SMILES string of the molecule is NCC1(C(=O)Cc2sccc2Br)CCCCCC1. The van der Waals surface area contributed by atoms with Gasteiger partial charge in [-0.15, -0.1) is 11.3 Å². The van der Waals surface area contributed by atoms with E-state index in [0.29, 0.717) is 18.7 Å². The number of Topliss-reactive ketones (excluding diaryl/α,β-unsaturated/α-hetero) is 1. The average molecular weight is 330 g/mol. The van der Waals surface area contributed by atoms with Gasteiger partial charge in [0.2, 0.25) is 0 Å². The van der Waals surface area contributed by atoms with Crippen LogP contribution in [-0.4, -0.2) is 12.3 Å². The molecule has 1 aliphatic carbocycles. The molecule has 2 N–H and O–H groups in total. The van der Waals surface area contributed by atoms with Crippen LogP contribution in [0.1, 0.15) is 43.4 Å². The molecular weight excluding hydrogens is 310 g/mol. The first-order chi connectivity index (χ1) is 8.68. The molecule has 1 heterocycles. The second-order valence-electron chi connectivity index (χ2n) is 5.19. The molecule has 1 saturated carbocycles. The molecule has 1 fully saturated rings. The molecule has 0 radical (unpaired) electrons. The van der Waals surface area contributed by atoms with Gasteiger partial charge in [-0.2, -0.15) is 0 Å². The molecule has 1 aliphatic rings. The van der Waals surface area contributed by atoms with Gasteiger partial charge in [-0.05, 0) is 40.2 Å². The largest absolute Gasteiger partial charge is 0.329 e. The summed E-state index contributed by atoms with van der Waals surface area (Å²) in [5.74, 6) is 0.343. The number of ketones is 1. The van der Waals surface area contributed by atoms with Crippen molar-refractivity contribution in [2.45, 2.75) is 44.9 Å². The van der Waals surface area contributed by atoms with Gasteiger partial charge >= 0.3 is 0 Å². The van der Waals surface area contributed by atoms with Crippen LogP contribution in [-0.2, 0) is 11.2 Å². The zero-order valence-electron chi connectivity index (χ0n) is 10.6. The van der Waals surface area contributed by atoms with Crippen molar-refractivity contribution in [1.82, 2.24) is 0 Å². The van der Waals surface area contributed by atoms with Gasteiger partial charge in [0.05, 0.1) is 0 Å². The lowest BCUT2D eigenvalue weighted by Gasteiger charge is -2.29. The van der Waals surface area contributed by atoms with Crippen molar-refractivity contribution in [3.63, 3.8) is 0 Å². The Hall–Kier alpha value is -0.190. The van der Waals surface area contributed by atoms with Gasteiger partial charge in [0.1, 0.15) is 5.78 Å². The summed E-state index contributed by atoms with van der Waals surface area (Å²) in [4.78, 5) is 13.8. The van der Waals surface area contributed by atoms with Crippen LogP contribution in [0.25, 0.3) is 0 Å². The quantitative estimate of drug-likeness (QED) is 0.850. The third kappa shape index (κ3) is 3.03. The van der Waals surface area contributed by atoms with Gasteiger partial charge in [-0.25, -0.2) is 0 Å². The molecule has 0 unspecified atom stereocenters. The number of carbonyl (C=O) groups excluding carboxylic acids is 1. The van der Waals surface area contributed by atoms with Crippen LogP contribution in [0.2, 0.25) is 0 Å². The molecular formula is C14H20BrNOS. The molecule has 0 aliphatic heterocycles. The van der Waals surface area contributed by atoms with Crippen LogP contribution in [0.15, 0.2) is 15.9 Å². The lowest BCUT2D eigenvalue weighted by molar-refractivity contribution is -0.128. The van der Waals surface area contributed by atoms with E-state index in [-0.39, 0.29) is 5.41 Å². The van der Waals surface area contributed by atoms with E-state index in [1.165, 1.54) is 12.8 Å². The highest BCUT2D eigenvalue weighted by atomic mass is 79.9. The third-order valence-corrected chi connectivity index (χ3v) is 5.98. The van der Waals surface area contributed by atoms with Crippen molar-refractivity contribution in [3.05, 3.63) is 20.8 Å². The Morgan fingerprint density at radius 2 is 2.00 bits per heavy atom. The fraction of sp³-hybridized carbons (Fsp3) is 0.643. The Morgan fingerprint density at radius 3 is 2.50 bits per heavy atom. The highest BCUT2D eigenvalue weighted by Gasteiger charge is 2.36. The molecule has 1 aromatic rings. The first-order valence-electron chi connectivity index (χ1n) is 6.63. The van der Waals surface area contributed by atoms with E-state index < -0.39 is 0 Å². The zero-order valence-corrected chi connectivity index (χ0v) is 13.0. The van der Waals surface area contributed by atoms with E-state index in [4.69, 9.17) is 5.73 Å². The van der Waals surface area contributed by atoms with Crippen LogP contribution >= 0.6 is 27.3 Å². The van der Waals surface area contributed by atoms with Gasteiger partial charge in [0, 0.05) is 27.7 Å². The minimum atomic E-state index is -0.250. The standard InChI is InChI=1S/C14H20BrNOS/c15-11-5-8-18-12(11)9-13(17)14(10-16)6-3-1-2-4-7-14/h5,8H,1-4,6-7,9-10,16H2.